The Bertz CT molecular complexity index is 117. The van der Waals surface area contributed by atoms with Crippen LogP contribution < -0.4 is 0 Å². The van der Waals surface area contributed by atoms with Gasteiger partial charge in [-0.3, -0.25) is 4.99 Å². The van der Waals surface area contributed by atoms with Crippen molar-refractivity contribution in [2.75, 3.05) is 6.61 Å². The number of hydrogen-bond acceptors (Lipinski definition) is 2. The highest BCUT2D eigenvalue weighted by Gasteiger charge is 2.10. The SMILES string of the molecule is CCOC=NC1CCCCC1. The van der Waals surface area contributed by atoms with Gasteiger partial charge in [0.05, 0.1) is 12.6 Å². The largest absolute Gasteiger partial charge is 0.484 e. The predicted octanol–water partition coefficient (Wildman–Crippen LogP) is 2.38. The topological polar surface area (TPSA) is 21.6 Å². The third-order valence-corrected chi connectivity index (χ3v) is 2.09. The molecule has 1 fully saturated rings. The average molecular weight is 155 g/mol. The summed E-state index contributed by atoms with van der Waals surface area (Å²) < 4.78 is 5.04. The van der Waals surface area contributed by atoms with E-state index in [1.54, 1.807) is 6.40 Å². The van der Waals surface area contributed by atoms with Crippen LogP contribution in [0.25, 0.3) is 0 Å². The monoisotopic (exact) mass is 155 g/mol. The van der Waals surface area contributed by atoms with Gasteiger partial charge in [-0.15, -0.1) is 0 Å². The van der Waals surface area contributed by atoms with Crippen molar-refractivity contribution in [2.24, 2.45) is 4.99 Å². The number of hydrogen-bond donors (Lipinski definition) is 0. The van der Waals surface area contributed by atoms with Crippen LogP contribution in [0.2, 0.25) is 0 Å². The van der Waals surface area contributed by atoms with E-state index in [9.17, 15) is 0 Å². The molecule has 0 radical (unpaired) electrons. The molecule has 0 aromatic rings. The molecule has 64 valence electrons. The maximum atomic E-state index is 5.04. The van der Waals surface area contributed by atoms with Gasteiger partial charge in [-0.05, 0) is 19.8 Å². The van der Waals surface area contributed by atoms with Crippen molar-refractivity contribution < 1.29 is 4.74 Å². The van der Waals surface area contributed by atoms with Gasteiger partial charge in [0.25, 0.3) is 0 Å². The zero-order chi connectivity index (χ0) is 7.94. The molecule has 0 aromatic carbocycles. The van der Waals surface area contributed by atoms with Crippen LogP contribution >= 0.6 is 0 Å². The van der Waals surface area contributed by atoms with Gasteiger partial charge in [-0.1, -0.05) is 19.3 Å². The van der Waals surface area contributed by atoms with Crippen LogP contribution in [0.4, 0.5) is 0 Å². The Balaban J connectivity index is 2.13. The second kappa shape index (κ2) is 5.16. The van der Waals surface area contributed by atoms with Crippen molar-refractivity contribution in [3.05, 3.63) is 0 Å². The van der Waals surface area contributed by atoms with Gasteiger partial charge in [0, 0.05) is 0 Å². The molecule has 1 aliphatic carbocycles. The van der Waals surface area contributed by atoms with Crippen LogP contribution in [0.1, 0.15) is 39.0 Å². The van der Waals surface area contributed by atoms with Gasteiger partial charge in [-0.25, -0.2) is 0 Å². The summed E-state index contributed by atoms with van der Waals surface area (Å²) in [4.78, 5) is 4.33. The molecule has 0 heterocycles. The Morgan fingerprint density at radius 2 is 2.09 bits per heavy atom. The van der Waals surface area contributed by atoms with Crippen molar-refractivity contribution in [1.29, 1.82) is 0 Å². The standard InChI is InChI=1S/C9H17NO/c1-2-11-8-10-9-6-4-3-5-7-9/h8-9H,2-7H2,1H3. The molecular formula is C9H17NO. The van der Waals surface area contributed by atoms with Gasteiger partial charge < -0.3 is 4.74 Å². The number of nitrogens with zero attached hydrogens (tertiary/aromatic N) is 1. The van der Waals surface area contributed by atoms with Crippen molar-refractivity contribution in [1.82, 2.24) is 0 Å². The third kappa shape index (κ3) is 3.40. The number of rotatable bonds is 3. The molecule has 0 aromatic heterocycles. The van der Waals surface area contributed by atoms with Crippen LogP contribution in [0.5, 0.6) is 0 Å². The lowest BCUT2D eigenvalue weighted by molar-refractivity contribution is 0.335. The molecule has 0 atom stereocenters. The van der Waals surface area contributed by atoms with E-state index in [1.807, 2.05) is 6.92 Å². The Labute approximate surface area is 68.7 Å². The highest BCUT2D eigenvalue weighted by Crippen LogP contribution is 2.19. The second-order valence-electron chi connectivity index (χ2n) is 3.00. The normalized spacial score (nSPS) is 20.8. The number of aliphatic imine (C=N–C) groups is 1. The summed E-state index contributed by atoms with van der Waals surface area (Å²) in [5.41, 5.74) is 0. The van der Waals surface area contributed by atoms with Crippen molar-refractivity contribution >= 4 is 6.40 Å². The average Bonchev–Trinajstić information content (AvgIpc) is 2.07. The fourth-order valence-electron chi connectivity index (χ4n) is 1.43. The fourth-order valence-corrected chi connectivity index (χ4v) is 1.43. The molecule has 1 saturated carbocycles. The van der Waals surface area contributed by atoms with E-state index in [1.165, 1.54) is 32.1 Å². The summed E-state index contributed by atoms with van der Waals surface area (Å²) in [5.74, 6) is 0. The van der Waals surface area contributed by atoms with Gasteiger partial charge >= 0.3 is 0 Å². The molecular weight excluding hydrogens is 138 g/mol. The highest BCUT2D eigenvalue weighted by atomic mass is 16.5. The smallest absolute Gasteiger partial charge is 0.169 e. The minimum absolute atomic E-state index is 0.551. The van der Waals surface area contributed by atoms with Crippen LogP contribution in [-0.2, 0) is 4.74 Å². The molecule has 2 heteroatoms. The zero-order valence-electron chi connectivity index (χ0n) is 7.25. The summed E-state index contributed by atoms with van der Waals surface area (Å²) in [5, 5.41) is 0. The van der Waals surface area contributed by atoms with Crippen molar-refractivity contribution in [2.45, 2.75) is 45.1 Å². The van der Waals surface area contributed by atoms with Crippen LogP contribution in [0, 0.1) is 0 Å². The second-order valence-corrected chi connectivity index (χ2v) is 3.00. The first-order valence-electron chi connectivity index (χ1n) is 4.56. The quantitative estimate of drug-likeness (QED) is 0.453. The summed E-state index contributed by atoms with van der Waals surface area (Å²) in [6, 6.07) is 0.551. The first-order valence-corrected chi connectivity index (χ1v) is 4.56. The van der Waals surface area contributed by atoms with Crippen molar-refractivity contribution in [3.8, 4) is 0 Å². The van der Waals surface area contributed by atoms with Gasteiger partial charge in [0.1, 0.15) is 0 Å². The van der Waals surface area contributed by atoms with Crippen LogP contribution in [0.15, 0.2) is 4.99 Å². The molecule has 2 nitrogen and oxygen atoms in total. The lowest BCUT2D eigenvalue weighted by Crippen LogP contribution is -2.09. The molecule has 0 unspecified atom stereocenters. The van der Waals surface area contributed by atoms with Crippen LogP contribution in [-0.4, -0.2) is 19.0 Å². The molecule has 0 spiro atoms. The summed E-state index contributed by atoms with van der Waals surface area (Å²) in [6.07, 6.45) is 8.20. The zero-order valence-corrected chi connectivity index (χ0v) is 7.25. The Hall–Kier alpha value is -0.530. The Morgan fingerprint density at radius 3 is 2.73 bits per heavy atom. The van der Waals surface area contributed by atoms with E-state index in [2.05, 4.69) is 4.99 Å². The summed E-state index contributed by atoms with van der Waals surface area (Å²) >= 11 is 0. The van der Waals surface area contributed by atoms with Gasteiger partial charge in [-0.2, -0.15) is 0 Å². The van der Waals surface area contributed by atoms with E-state index in [0.29, 0.717) is 6.04 Å². The Kier molecular flexibility index (Phi) is 4.02. The lowest BCUT2D eigenvalue weighted by Gasteiger charge is -2.16. The van der Waals surface area contributed by atoms with Gasteiger partial charge in [0.2, 0.25) is 0 Å². The fraction of sp³-hybridized carbons (Fsp3) is 0.889. The molecule has 1 aliphatic rings. The minimum Gasteiger partial charge on any atom is -0.484 e. The molecule has 1 rings (SSSR count). The van der Waals surface area contributed by atoms with E-state index in [4.69, 9.17) is 4.74 Å². The summed E-state index contributed by atoms with van der Waals surface area (Å²) in [7, 11) is 0. The maximum absolute atomic E-state index is 5.04. The van der Waals surface area contributed by atoms with Crippen LogP contribution in [0.3, 0.4) is 0 Å². The highest BCUT2D eigenvalue weighted by molar-refractivity contribution is 5.46. The Morgan fingerprint density at radius 1 is 1.36 bits per heavy atom. The molecule has 0 bridgehead atoms. The molecule has 0 amide bonds. The molecule has 0 N–H and O–H groups in total. The van der Waals surface area contributed by atoms with E-state index >= 15 is 0 Å². The molecule has 0 saturated heterocycles. The van der Waals surface area contributed by atoms with E-state index in [0.717, 1.165) is 6.61 Å². The third-order valence-electron chi connectivity index (χ3n) is 2.09. The lowest BCUT2D eigenvalue weighted by atomic mass is 9.96. The maximum Gasteiger partial charge on any atom is 0.169 e. The molecule has 0 aliphatic heterocycles. The van der Waals surface area contributed by atoms with Crippen molar-refractivity contribution in [3.63, 3.8) is 0 Å². The first-order chi connectivity index (χ1) is 5.43. The first kappa shape index (κ1) is 8.57. The van der Waals surface area contributed by atoms with E-state index in [-0.39, 0.29) is 0 Å². The van der Waals surface area contributed by atoms with Gasteiger partial charge in [0.15, 0.2) is 6.40 Å². The predicted molar refractivity (Wildman–Crippen MR) is 47.0 cm³/mol. The number of ether oxygens (including phenoxy) is 1. The summed E-state index contributed by atoms with van der Waals surface area (Å²) in [6.45, 7) is 2.71. The molecule has 11 heavy (non-hydrogen) atoms. The minimum atomic E-state index is 0.551. The van der Waals surface area contributed by atoms with E-state index < -0.39 is 0 Å².